The van der Waals surface area contributed by atoms with Crippen molar-refractivity contribution in [3.05, 3.63) is 29.1 Å². The third-order valence-electron chi connectivity index (χ3n) is 4.02. The van der Waals surface area contributed by atoms with E-state index in [0.29, 0.717) is 24.1 Å². The van der Waals surface area contributed by atoms with E-state index in [1.165, 1.54) is 6.07 Å². The van der Waals surface area contributed by atoms with Gasteiger partial charge < -0.3 is 5.32 Å². The molecule has 6 heteroatoms. The van der Waals surface area contributed by atoms with E-state index < -0.39 is 17.9 Å². The Hall–Kier alpha value is -1.77. The zero-order chi connectivity index (χ0) is 15.6. The molecule has 21 heavy (non-hydrogen) atoms. The number of nitriles is 1. The number of anilines is 1. The van der Waals surface area contributed by atoms with Crippen molar-refractivity contribution in [1.29, 1.82) is 5.26 Å². The SMILES string of the molecule is Cc1c(F)cc(C#N)cc1NC1CCC(C(F)(F)F)CC1. The maximum atomic E-state index is 13.7. The highest BCUT2D eigenvalue weighted by atomic mass is 19.4. The van der Waals surface area contributed by atoms with Crippen LogP contribution in [-0.2, 0) is 0 Å². The number of rotatable bonds is 2. The summed E-state index contributed by atoms with van der Waals surface area (Å²) in [5.74, 6) is -1.72. The van der Waals surface area contributed by atoms with E-state index >= 15 is 0 Å². The Morgan fingerprint density at radius 1 is 1.19 bits per heavy atom. The maximum Gasteiger partial charge on any atom is 0.391 e. The second-order valence-corrected chi connectivity index (χ2v) is 5.48. The van der Waals surface area contributed by atoms with E-state index in [4.69, 9.17) is 5.26 Å². The number of alkyl halides is 3. The number of hydrogen-bond donors (Lipinski definition) is 1. The van der Waals surface area contributed by atoms with Crippen molar-refractivity contribution in [3.8, 4) is 6.07 Å². The lowest BCUT2D eigenvalue weighted by Gasteiger charge is -2.31. The largest absolute Gasteiger partial charge is 0.391 e. The zero-order valence-corrected chi connectivity index (χ0v) is 11.6. The molecule has 2 rings (SSSR count). The van der Waals surface area contributed by atoms with Gasteiger partial charge in [0.05, 0.1) is 17.6 Å². The minimum Gasteiger partial charge on any atom is -0.382 e. The second-order valence-electron chi connectivity index (χ2n) is 5.48. The molecular formula is C15H16F4N2. The van der Waals surface area contributed by atoms with E-state index in [9.17, 15) is 17.6 Å². The van der Waals surface area contributed by atoms with Gasteiger partial charge in [-0.15, -0.1) is 0 Å². The molecule has 1 aliphatic carbocycles. The summed E-state index contributed by atoms with van der Waals surface area (Å²) in [6.45, 7) is 1.58. The van der Waals surface area contributed by atoms with Crippen molar-refractivity contribution < 1.29 is 17.6 Å². The summed E-state index contributed by atoms with van der Waals surface area (Å²) in [4.78, 5) is 0. The number of halogens is 4. The van der Waals surface area contributed by atoms with Crippen LogP contribution in [0.15, 0.2) is 12.1 Å². The van der Waals surface area contributed by atoms with Crippen molar-refractivity contribution >= 4 is 5.69 Å². The fourth-order valence-corrected chi connectivity index (χ4v) is 2.68. The van der Waals surface area contributed by atoms with Crippen LogP contribution in [0.5, 0.6) is 0 Å². The Labute approximate surface area is 120 Å². The van der Waals surface area contributed by atoms with Crippen LogP contribution in [0, 0.1) is 30.0 Å². The third kappa shape index (κ3) is 3.66. The van der Waals surface area contributed by atoms with Gasteiger partial charge in [-0.05, 0) is 44.7 Å². The lowest BCUT2D eigenvalue weighted by atomic mass is 9.85. The summed E-state index contributed by atoms with van der Waals surface area (Å²) >= 11 is 0. The number of nitrogens with one attached hydrogen (secondary N) is 1. The summed E-state index contributed by atoms with van der Waals surface area (Å²) in [6, 6.07) is 4.45. The molecule has 0 unspecified atom stereocenters. The van der Waals surface area contributed by atoms with Crippen LogP contribution < -0.4 is 5.32 Å². The van der Waals surface area contributed by atoms with Crippen LogP contribution in [0.25, 0.3) is 0 Å². The van der Waals surface area contributed by atoms with Gasteiger partial charge in [0.1, 0.15) is 5.82 Å². The molecule has 2 nitrogen and oxygen atoms in total. The van der Waals surface area contributed by atoms with E-state index in [1.54, 1.807) is 6.92 Å². The van der Waals surface area contributed by atoms with Gasteiger partial charge in [-0.25, -0.2) is 4.39 Å². The molecular weight excluding hydrogens is 284 g/mol. The molecule has 1 aliphatic rings. The van der Waals surface area contributed by atoms with Gasteiger partial charge in [-0.1, -0.05) is 0 Å². The summed E-state index contributed by atoms with van der Waals surface area (Å²) in [5, 5.41) is 11.9. The first-order valence-electron chi connectivity index (χ1n) is 6.84. The highest BCUT2D eigenvalue weighted by Gasteiger charge is 2.41. The molecule has 1 aromatic carbocycles. The first-order valence-corrected chi connectivity index (χ1v) is 6.84. The molecule has 0 saturated heterocycles. The molecule has 1 aromatic rings. The Morgan fingerprint density at radius 2 is 1.81 bits per heavy atom. The average Bonchev–Trinajstić information content (AvgIpc) is 2.43. The molecule has 0 bridgehead atoms. The third-order valence-corrected chi connectivity index (χ3v) is 4.02. The van der Waals surface area contributed by atoms with Gasteiger partial charge >= 0.3 is 6.18 Å². The molecule has 1 saturated carbocycles. The molecule has 114 valence electrons. The van der Waals surface area contributed by atoms with Gasteiger partial charge in [0.15, 0.2) is 0 Å². The Balaban J connectivity index is 2.04. The normalized spacial score (nSPS) is 22.7. The van der Waals surface area contributed by atoms with E-state index in [2.05, 4.69) is 5.32 Å². The lowest BCUT2D eigenvalue weighted by Crippen LogP contribution is -2.33. The van der Waals surface area contributed by atoms with Gasteiger partial charge in [-0.3, -0.25) is 0 Å². The quantitative estimate of drug-likeness (QED) is 0.814. The smallest absolute Gasteiger partial charge is 0.382 e. The first kappa shape index (κ1) is 15.6. The minimum atomic E-state index is -4.13. The molecule has 0 aliphatic heterocycles. The predicted molar refractivity (Wildman–Crippen MR) is 71.3 cm³/mol. The average molecular weight is 300 g/mol. The van der Waals surface area contributed by atoms with Crippen LogP contribution in [0.1, 0.15) is 36.8 Å². The summed E-state index contributed by atoms with van der Waals surface area (Å²) in [5.41, 5.74) is 1.07. The maximum absolute atomic E-state index is 13.7. The Bertz CT molecular complexity index is 552. The number of benzene rings is 1. The van der Waals surface area contributed by atoms with Crippen molar-refractivity contribution in [3.63, 3.8) is 0 Å². The summed E-state index contributed by atoms with van der Waals surface area (Å²) in [7, 11) is 0. The Morgan fingerprint density at radius 3 is 2.33 bits per heavy atom. The van der Waals surface area contributed by atoms with E-state index in [-0.39, 0.29) is 24.4 Å². The van der Waals surface area contributed by atoms with Crippen molar-refractivity contribution in [2.75, 3.05) is 5.32 Å². The zero-order valence-electron chi connectivity index (χ0n) is 11.6. The summed E-state index contributed by atoms with van der Waals surface area (Å²) in [6.07, 6.45) is -3.18. The topological polar surface area (TPSA) is 35.8 Å². The molecule has 1 fully saturated rings. The molecule has 1 N–H and O–H groups in total. The summed E-state index contributed by atoms with van der Waals surface area (Å²) < 4.78 is 51.5. The second kappa shape index (κ2) is 5.92. The molecule has 0 radical (unpaired) electrons. The van der Waals surface area contributed by atoms with Gasteiger partial charge in [0.2, 0.25) is 0 Å². The minimum absolute atomic E-state index is 0.0840. The fraction of sp³-hybridized carbons (Fsp3) is 0.533. The van der Waals surface area contributed by atoms with Crippen LogP contribution in [0.3, 0.4) is 0 Å². The van der Waals surface area contributed by atoms with Crippen LogP contribution in [0.2, 0.25) is 0 Å². The Kier molecular flexibility index (Phi) is 4.40. The van der Waals surface area contributed by atoms with Crippen molar-refractivity contribution in [2.45, 2.75) is 44.8 Å². The highest BCUT2D eigenvalue weighted by molar-refractivity contribution is 5.56. The predicted octanol–water partition coefficient (Wildman–Crippen LogP) is 4.54. The first-order chi connectivity index (χ1) is 9.81. The van der Waals surface area contributed by atoms with Gasteiger partial charge in [-0.2, -0.15) is 18.4 Å². The number of nitrogens with zero attached hydrogens (tertiary/aromatic N) is 1. The van der Waals surface area contributed by atoms with Crippen molar-refractivity contribution in [1.82, 2.24) is 0 Å². The molecule has 0 spiro atoms. The van der Waals surface area contributed by atoms with Gasteiger partial charge in [0.25, 0.3) is 0 Å². The molecule has 0 atom stereocenters. The van der Waals surface area contributed by atoms with Crippen LogP contribution in [-0.4, -0.2) is 12.2 Å². The number of hydrogen-bond acceptors (Lipinski definition) is 2. The lowest BCUT2D eigenvalue weighted by molar-refractivity contribution is -0.182. The molecule has 0 amide bonds. The monoisotopic (exact) mass is 300 g/mol. The van der Waals surface area contributed by atoms with Crippen LogP contribution in [0.4, 0.5) is 23.2 Å². The fourth-order valence-electron chi connectivity index (χ4n) is 2.68. The van der Waals surface area contributed by atoms with Crippen LogP contribution >= 0.6 is 0 Å². The van der Waals surface area contributed by atoms with Gasteiger partial charge in [0, 0.05) is 17.3 Å². The molecule has 0 heterocycles. The standard InChI is InChI=1S/C15H16F4N2/c1-9-13(16)6-10(8-20)7-14(9)21-12-4-2-11(3-5-12)15(17,18)19/h6-7,11-12,21H,2-5H2,1H3. The highest BCUT2D eigenvalue weighted by Crippen LogP contribution is 2.38. The van der Waals surface area contributed by atoms with E-state index in [1.807, 2.05) is 6.07 Å². The van der Waals surface area contributed by atoms with E-state index in [0.717, 1.165) is 6.07 Å². The molecule has 0 aromatic heterocycles. The van der Waals surface area contributed by atoms with Crippen molar-refractivity contribution in [2.24, 2.45) is 5.92 Å².